The van der Waals surface area contributed by atoms with Crippen LogP contribution in [0.15, 0.2) is 23.6 Å². The highest BCUT2D eigenvalue weighted by Crippen LogP contribution is 2.46. The molecule has 0 aromatic carbocycles. The number of imidazole rings is 1. The van der Waals surface area contributed by atoms with Crippen molar-refractivity contribution in [1.82, 2.24) is 29.9 Å². The van der Waals surface area contributed by atoms with Gasteiger partial charge in [-0.25, -0.2) is 15.0 Å². The number of nitrogen functional groups attached to an aromatic ring is 1. The molecule has 1 atom stereocenters. The van der Waals surface area contributed by atoms with Crippen molar-refractivity contribution in [1.29, 1.82) is 0 Å². The number of alkyl halides is 7. The molecule has 0 saturated carbocycles. The lowest BCUT2D eigenvalue weighted by atomic mass is 10.2. The molecular weight excluding hydrogens is 513 g/mol. The fraction of sp³-hybridized carbons (Fsp3) is 0.412. The number of ether oxygens (including phenoxy) is 1. The van der Waals surface area contributed by atoms with Gasteiger partial charge in [-0.1, -0.05) is 18.7 Å². The number of hydrogen-bond donors (Lipinski definition) is 3. The van der Waals surface area contributed by atoms with Gasteiger partial charge in [0.05, 0.1) is 11.6 Å². The van der Waals surface area contributed by atoms with Gasteiger partial charge in [0.15, 0.2) is 12.3 Å². The van der Waals surface area contributed by atoms with Crippen LogP contribution >= 0.6 is 11.8 Å². The number of amides is 1. The second kappa shape index (κ2) is 9.67. The third kappa shape index (κ3) is 5.63. The summed E-state index contributed by atoms with van der Waals surface area (Å²) in [4.78, 5) is 34.7. The quantitative estimate of drug-likeness (QED) is 0.216. The zero-order valence-corrected chi connectivity index (χ0v) is 18.2. The number of nitrogens with zero attached hydrogens (tertiary/aromatic N) is 5. The first kappa shape index (κ1) is 26.2. The Labute approximate surface area is 195 Å². The molecule has 3 heterocycles. The van der Waals surface area contributed by atoms with Crippen LogP contribution in [0.1, 0.15) is 13.3 Å². The highest BCUT2D eigenvalue weighted by Gasteiger charge is 2.73. The van der Waals surface area contributed by atoms with Crippen molar-refractivity contribution >= 4 is 40.7 Å². The van der Waals surface area contributed by atoms with Crippen molar-refractivity contribution in [3.05, 3.63) is 18.6 Å². The molecule has 0 unspecified atom stereocenters. The first-order chi connectivity index (χ1) is 16.2. The third-order valence-electron chi connectivity index (χ3n) is 4.27. The Hall–Kier alpha value is -3.44. The number of anilines is 2. The SMILES string of the molecule is CC[C@H](Sc1nc(N)nc2nc[nH]c12)C(=O)Nc1nccc(OCC(F)(F)C(F)(F)C(F)(F)F)n1. The molecule has 0 spiro atoms. The summed E-state index contributed by atoms with van der Waals surface area (Å²) in [7, 11) is 0. The molecule has 0 bridgehead atoms. The standard InChI is InChI=1S/C17H15F7N8O2S/c1-2-7(35-12-9-10(28-6-27-9)30-13(25)32-12)11(33)31-14-26-4-3-8(29-14)34-5-15(18,19)16(20,21)17(22,23)24/h3-4,6-7H,2,5H2,1H3,(H,26,29,31,33)(H3,25,27,28,30,32)/t7-/m0/s1. The molecule has 190 valence electrons. The van der Waals surface area contributed by atoms with Gasteiger partial charge < -0.3 is 15.5 Å². The molecule has 1 amide bonds. The molecule has 3 rings (SSSR count). The van der Waals surface area contributed by atoms with Gasteiger partial charge in [-0.2, -0.15) is 40.7 Å². The van der Waals surface area contributed by atoms with Crippen LogP contribution in [0.3, 0.4) is 0 Å². The van der Waals surface area contributed by atoms with E-state index in [0.717, 1.165) is 24.0 Å². The smallest absolute Gasteiger partial charge is 0.460 e. The molecule has 0 fully saturated rings. The van der Waals surface area contributed by atoms with Crippen LogP contribution in [0.5, 0.6) is 5.88 Å². The minimum atomic E-state index is -6.49. The Morgan fingerprint density at radius 3 is 2.54 bits per heavy atom. The van der Waals surface area contributed by atoms with E-state index in [1.165, 1.54) is 6.33 Å². The Morgan fingerprint density at radius 2 is 1.89 bits per heavy atom. The van der Waals surface area contributed by atoms with Gasteiger partial charge in [0.2, 0.25) is 23.7 Å². The average molecular weight is 528 g/mol. The van der Waals surface area contributed by atoms with Crippen LogP contribution in [0.25, 0.3) is 11.2 Å². The maximum Gasteiger partial charge on any atom is 0.460 e. The molecule has 0 aliphatic carbocycles. The average Bonchev–Trinajstić information content (AvgIpc) is 3.23. The van der Waals surface area contributed by atoms with Crippen LogP contribution < -0.4 is 15.8 Å². The van der Waals surface area contributed by atoms with Crippen molar-refractivity contribution in [2.75, 3.05) is 17.7 Å². The van der Waals surface area contributed by atoms with Gasteiger partial charge in [-0.15, -0.1) is 0 Å². The molecule has 3 aromatic rings. The number of thioether (sulfide) groups is 1. The number of fused-ring (bicyclic) bond motifs is 1. The normalized spacial score (nSPS) is 13.6. The Morgan fingerprint density at radius 1 is 1.17 bits per heavy atom. The number of aromatic amines is 1. The lowest BCUT2D eigenvalue weighted by molar-refractivity contribution is -0.358. The molecule has 0 aliphatic rings. The fourth-order valence-corrected chi connectivity index (χ4v) is 3.52. The third-order valence-corrected chi connectivity index (χ3v) is 5.62. The Kier molecular flexibility index (Phi) is 7.23. The second-order valence-electron chi connectivity index (χ2n) is 6.78. The van der Waals surface area contributed by atoms with Gasteiger partial charge >= 0.3 is 18.0 Å². The molecule has 18 heteroatoms. The predicted octanol–water partition coefficient (Wildman–Crippen LogP) is 3.45. The summed E-state index contributed by atoms with van der Waals surface area (Å²) in [5, 5.41) is 1.81. The summed E-state index contributed by atoms with van der Waals surface area (Å²) in [5.41, 5.74) is 6.34. The van der Waals surface area contributed by atoms with Gasteiger partial charge in [0.25, 0.3) is 0 Å². The van der Waals surface area contributed by atoms with E-state index in [1.54, 1.807) is 6.92 Å². The fourth-order valence-electron chi connectivity index (χ4n) is 2.50. The van der Waals surface area contributed by atoms with Crippen molar-refractivity contribution in [3.63, 3.8) is 0 Å². The van der Waals surface area contributed by atoms with Crippen LogP contribution in [0.4, 0.5) is 42.6 Å². The van der Waals surface area contributed by atoms with Crippen molar-refractivity contribution < 1.29 is 40.3 Å². The van der Waals surface area contributed by atoms with Crippen LogP contribution in [-0.2, 0) is 4.79 Å². The Balaban J connectivity index is 1.69. The highest BCUT2D eigenvalue weighted by atomic mass is 32.2. The number of rotatable bonds is 9. The number of halogens is 7. The predicted molar refractivity (Wildman–Crippen MR) is 108 cm³/mol. The number of aromatic nitrogens is 6. The van der Waals surface area contributed by atoms with Crippen molar-refractivity contribution in [2.24, 2.45) is 0 Å². The number of nitrogens with two attached hydrogens (primary N) is 1. The summed E-state index contributed by atoms with van der Waals surface area (Å²) >= 11 is 0.997. The van der Waals surface area contributed by atoms with E-state index in [1.807, 2.05) is 0 Å². The minimum Gasteiger partial charge on any atom is -0.471 e. The van der Waals surface area contributed by atoms with Gasteiger partial charge in [0.1, 0.15) is 10.5 Å². The number of carbonyl (C=O) groups excluding carboxylic acids is 1. The summed E-state index contributed by atoms with van der Waals surface area (Å²) in [6, 6.07) is 0.835. The molecule has 0 aliphatic heterocycles. The van der Waals surface area contributed by atoms with Crippen molar-refractivity contribution in [3.8, 4) is 5.88 Å². The summed E-state index contributed by atoms with van der Waals surface area (Å²) in [6.45, 7) is -0.651. The molecule has 0 radical (unpaired) electrons. The number of nitrogens with one attached hydrogen (secondary N) is 2. The minimum absolute atomic E-state index is 0.0801. The molecular formula is C17H15F7N8O2S. The topological polar surface area (TPSA) is 145 Å². The largest absolute Gasteiger partial charge is 0.471 e. The zero-order chi connectivity index (χ0) is 26.0. The van der Waals surface area contributed by atoms with Gasteiger partial charge in [-0.05, 0) is 6.42 Å². The van der Waals surface area contributed by atoms with Crippen LogP contribution in [0.2, 0.25) is 0 Å². The molecule has 10 nitrogen and oxygen atoms in total. The van der Waals surface area contributed by atoms with E-state index >= 15 is 0 Å². The number of hydrogen-bond acceptors (Lipinski definition) is 9. The van der Waals surface area contributed by atoms with Crippen LogP contribution in [0, 0.1) is 0 Å². The van der Waals surface area contributed by atoms with Gasteiger partial charge in [-0.3, -0.25) is 10.1 Å². The van der Waals surface area contributed by atoms with Gasteiger partial charge in [0, 0.05) is 12.3 Å². The lowest BCUT2D eigenvalue weighted by Crippen LogP contribution is -2.54. The lowest BCUT2D eigenvalue weighted by Gasteiger charge is -2.27. The monoisotopic (exact) mass is 528 g/mol. The summed E-state index contributed by atoms with van der Waals surface area (Å²) < 4.78 is 93.9. The van der Waals surface area contributed by atoms with E-state index in [0.29, 0.717) is 10.5 Å². The number of H-pyrrole nitrogens is 1. The number of carbonyl (C=O) groups is 1. The van der Waals surface area contributed by atoms with E-state index in [4.69, 9.17) is 5.73 Å². The maximum absolute atomic E-state index is 13.4. The summed E-state index contributed by atoms with van der Waals surface area (Å²) in [5.74, 6) is -13.9. The molecule has 35 heavy (non-hydrogen) atoms. The van der Waals surface area contributed by atoms with E-state index in [2.05, 4.69) is 40.0 Å². The first-order valence-corrected chi connectivity index (χ1v) is 10.4. The highest BCUT2D eigenvalue weighted by molar-refractivity contribution is 8.00. The second-order valence-corrected chi connectivity index (χ2v) is 7.97. The van der Waals surface area contributed by atoms with Crippen molar-refractivity contribution in [2.45, 2.75) is 41.6 Å². The molecule has 3 aromatic heterocycles. The molecule has 0 saturated heterocycles. The van der Waals surface area contributed by atoms with E-state index in [-0.39, 0.29) is 18.0 Å². The van der Waals surface area contributed by atoms with E-state index < -0.39 is 47.6 Å². The van der Waals surface area contributed by atoms with E-state index in [9.17, 15) is 35.5 Å². The zero-order valence-electron chi connectivity index (χ0n) is 17.4. The maximum atomic E-state index is 13.4. The first-order valence-electron chi connectivity index (χ1n) is 9.47. The Bertz CT molecular complexity index is 1210. The summed E-state index contributed by atoms with van der Waals surface area (Å²) in [6.07, 6.45) is -3.94. The van der Waals surface area contributed by atoms with Crippen LogP contribution in [-0.4, -0.2) is 65.7 Å². The molecule has 4 N–H and O–H groups in total.